The predicted octanol–water partition coefficient (Wildman–Crippen LogP) is 4.38. The highest BCUT2D eigenvalue weighted by molar-refractivity contribution is 7.98. The molecule has 0 aromatic heterocycles. The lowest BCUT2D eigenvalue weighted by atomic mass is 10.1. The van der Waals surface area contributed by atoms with Crippen molar-refractivity contribution in [1.82, 2.24) is 0 Å². The Morgan fingerprint density at radius 1 is 1.27 bits per heavy atom. The Morgan fingerprint density at radius 3 is 2.86 bits per heavy atom. The van der Waals surface area contributed by atoms with Gasteiger partial charge < -0.3 is 9.64 Å². The molecule has 1 amide bonds. The molecule has 114 valence electrons. The van der Waals surface area contributed by atoms with Crippen molar-refractivity contribution >= 4 is 35.0 Å². The van der Waals surface area contributed by atoms with Gasteiger partial charge in [0.25, 0.3) is 5.91 Å². The number of thioether (sulfide) groups is 1. The minimum atomic E-state index is -0.527. The molecule has 1 atom stereocenters. The first kappa shape index (κ1) is 15.3. The van der Waals surface area contributed by atoms with E-state index in [-0.39, 0.29) is 5.91 Å². The maximum Gasteiger partial charge on any atom is 0.268 e. The molecule has 3 rings (SSSR count). The molecule has 0 bridgehead atoms. The van der Waals surface area contributed by atoms with Crippen molar-refractivity contribution in [3.8, 4) is 5.75 Å². The van der Waals surface area contributed by atoms with Crippen LogP contribution in [0.25, 0.3) is 0 Å². The molecular weight excluding hydrogens is 318 g/mol. The molecule has 1 unspecified atom stereocenters. The first-order chi connectivity index (χ1) is 10.6. The summed E-state index contributed by atoms with van der Waals surface area (Å²) in [7, 11) is 0. The molecule has 0 N–H and O–H groups in total. The van der Waals surface area contributed by atoms with Crippen molar-refractivity contribution < 1.29 is 9.53 Å². The van der Waals surface area contributed by atoms with Crippen LogP contribution in [0.15, 0.2) is 47.4 Å². The first-order valence-corrected chi connectivity index (χ1v) is 8.59. The monoisotopic (exact) mass is 333 g/mol. The van der Waals surface area contributed by atoms with Gasteiger partial charge in [0.1, 0.15) is 5.75 Å². The van der Waals surface area contributed by atoms with Crippen LogP contribution in [-0.4, -0.2) is 18.3 Å². The van der Waals surface area contributed by atoms with E-state index in [4.69, 9.17) is 16.3 Å². The third-order valence-corrected chi connectivity index (χ3v) is 4.59. The largest absolute Gasteiger partial charge is 0.481 e. The first-order valence-electron chi connectivity index (χ1n) is 6.99. The molecule has 0 radical (unpaired) electrons. The second-order valence-electron chi connectivity index (χ2n) is 5.14. The Morgan fingerprint density at radius 2 is 2.09 bits per heavy atom. The van der Waals surface area contributed by atoms with Crippen LogP contribution >= 0.6 is 23.4 Å². The molecule has 2 aromatic carbocycles. The zero-order valence-electron chi connectivity index (χ0n) is 12.4. The molecule has 1 aliphatic rings. The van der Waals surface area contributed by atoms with Gasteiger partial charge in [-0.3, -0.25) is 4.79 Å². The fourth-order valence-electron chi connectivity index (χ4n) is 2.49. The molecule has 1 heterocycles. The highest BCUT2D eigenvalue weighted by atomic mass is 35.5. The van der Waals surface area contributed by atoms with Gasteiger partial charge in [-0.15, -0.1) is 11.8 Å². The second kappa shape index (κ2) is 6.23. The van der Waals surface area contributed by atoms with E-state index >= 15 is 0 Å². The Bertz CT molecular complexity index is 720. The lowest BCUT2D eigenvalue weighted by Gasteiger charge is -2.22. The topological polar surface area (TPSA) is 29.5 Å². The van der Waals surface area contributed by atoms with Gasteiger partial charge in [0.2, 0.25) is 0 Å². The SMILES string of the molecule is CSc1cccc(N2Cc3cc(Cl)ccc3OC(C)C2=O)c1. The van der Waals surface area contributed by atoms with Crippen molar-refractivity contribution in [2.24, 2.45) is 0 Å². The number of halogens is 1. The molecule has 5 heteroatoms. The number of amides is 1. The van der Waals surface area contributed by atoms with Crippen LogP contribution in [-0.2, 0) is 11.3 Å². The van der Waals surface area contributed by atoms with Gasteiger partial charge in [-0.05, 0) is 49.6 Å². The molecule has 22 heavy (non-hydrogen) atoms. The van der Waals surface area contributed by atoms with Crippen LogP contribution in [0.4, 0.5) is 5.69 Å². The fraction of sp³-hybridized carbons (Fsp3) is 0.235. The number of carbonyl (C=O) groups is 1. The minimum absolute atomic E-state index is 0.0504. The lowest BCUT2D eigenvalue weighted by Crippen LogP contribution is -2.38. The summed E-state index contributed by atoms with van der Waals surface area (Å²) < 4.78 is 5.78. The molecule has 1 aliphatic heterocycles. The van der Waals surface area contributed by atoms with Crippen LogP contribution < -0.4 is 9.64 Å². The standard InChI is InChI=1S/C17H16ClNO2S/c1-11-17(20)19(14-4-3-5-15(9-14)22-2)10-12-8-13(18)6-7-16(12)21-11/h3-9,11H,10H2,1-2H3. The Kier molecular flexibility index (Phi) is 4.32. The zero-order valence-corrected chi connectivity index (χ0v) is 13.9. The van der Waals surface area contributed by atoms with Gasteiger partial charge in [-0.1, -0.05) is 17.7 Å². The van der Waals surface area contributed by atoms with Gasteiger partial charge in [0, 0.05) is 21.2 Å². The molecule has 0 aliphatic carbocycles. The van der Waals surface area contributed by atoms with Crippen LogP contribution in [0.3, 0.4) is 0 Å². The summed E-state index contributed by atoms with van der Waals surface area (Å²) in [5.74, 6) is 0.666. The molecule has 0 fully saturated rings. The summed E-state index contributed by atoms with van der Waals surface area (Å²) in [6.45, 7) is 2.23. The lowest BCUT2D eigenvalue weighted by molar-refractivity contribution is -0.124. The number of ether oxygens (including phenoxy) is 1. The van der Waals surface area contributed by atoms with Gasteiger partial charge in [-0.2, -0.15) is 0 Å². The number of benzene rings is 2. The third kappa shape index (κ3) is 2.94. The van der Waals surface area contributed by atoms with Crippen LogP contribution in [0.1, 0.15) is 12.5 Å². The number of carbonyl (C=O) groups excluding carboxylic acids is 1. The van der Waals surface area contributed by atoms with Gasteiger partial charge in [-0.25, -0.2) is 0 Å². The summed E-state index contributed by atoms with van der Waals surface area (Å²) in [6, 6.07) is 13.4. The van der Waals surface area contributed by atoms with E-state index in [1.165, 1.54) is 0 Å². The molecule has 3 nitrogen and oxygen atoms in total. The molecule has 2 aromatic rings. The molecular formula is C17H16ClNO2S. The van der Waals surface area contributed by atoms with E-state index in [1.54, 1.807) is 29.7 Å². The summed E-state index contributed by atoms with van der Waals surface area (Å²) in [4.78, 5) is 15.5. The van der Waals surface area contributed by atoms with E-state index in [2.05, 4.69) is 0 Å². The minimum Gasteiger partial charge on any atom is -0.481 e. The summed E-state index contributed by atoms with van der Waals surface area (Å²) >= 11 is 7.73. The maximum absolute atomic E-state index is 12.7. The Hall–Kier alpha value is -1.65. The van der Waals surface area contributed by atoms with Crippen molar-refractivity contribution in [2.75, 3.05) is 11.2 Å². The van der Waals surface area contributed by atoms with Crippen molar-refractivity contribution in [3.05, 3.63) is 53.1 Å². The highest BCUT2D eigenvalue weighted by Gasteiger charge is 2.29. The summed E-state index contributed by atoms with van der Waals surface area (Å²) in [5, 5.41) is 0.641. The van der Waals surface area contributed by atoms with E-state index < -0.39 is 6.10 Å². The van der Waals surface area contributed by atoms with Gasteiger partial charge in [0.05, 0.1) is 6.54 Å². The van der Waals surface area contributed by atoms with Crippen molar-refractivity contribution in [3.63, 3.8) is 0 Å². The molecule has 0 saturated carbocycles. The van der Waals surface area contributed by atoms with Gasteiger partial charge in [0.15, 0.2) is 6.10 Å². The Labute approximate surface area is 139 Å². The molecule has 0 saturated heterocycles. The summed E-state index contributed by atoms with van der Waals surface area (Å²) in [5.41, 5.74) is 1.79. The number of hydrogen-bond donors (Lipinski definition) is 0. The maximum atomic E-state index is 12.7. The van der Waals surface area contributed by atoms with Gasteiger partial charge >= 0.3 is 0 Å². The third-order valence-electron chi connectivity index (χ3n) is 3.63. The highest BCUT2D eigenvalue weighted by Crippen LogP contribution is 2.32. The number of rotatable bonds is 2. The Balaban J connectivity index is 2.04. The van der Waals surface area contributed by atoms with Crippen molar-refractivity contribution in [2.45, 2.75) is 24.5 Å². The predicted molar refractivity (Wildman–Crippen MR) is 91.0 cm³/mol. The van der Waals surface area contributed by atoms with E-state index in [9.17, 15) is 4.79 Å². The van der Waals surface area contributed by atoms with Crippen LogP contribution in [0.5, 0.6) is 5.75 Å². The normalized spacial score (nSPS) is 17.7. The van der Waals surface area contributed by atoms with E-state index in [0.717, 1.165) is 16.1 Å². The summed E-state index contributed by atoms with van der Waals surface area (Å²) in [6.07, 6.45) is 1.49. The van der Waals surface area contributed by atoms with Crippen molar-refractivity contribution in [1.29, 1.82) is 0 Å². The number of fused-ring (bicyclic) bond motifs is 1. The van der Waals surface area contributed by atoms with Crippen LogP contribution in [0.2, 0.25) is 5.02 Å². The van der Waals surface area contributed by atoms with E-state index in [0.29, 0.717) is 17.3 Å². The number of nitrogens with zero attached hydrogens (tertiary/aromatic N) is 1. The molecule has 0 spiro atoms. The quantitative estimate of drug-likeness (QED) is 0.764. The average Bonchev–Trinajstić information content (AvgIpc) is 2.65. The smallest absolute Gasteiger partial charge is 0.268 e. The van der Waals surface area contributed by atoms with Crippen LogP contribution in [0, 0.1) is 0 Å². The number of anilines is 1. The second-order valence-corrected chi connectivity index (χ2v) is 6.45. The van der Waals surface area contributed by atoms with E-state index in [1.807, 2.05) is 42.7 Å². The fourth-order valence-corrected chi connectivity index (χ4v) is 3.14. The zero-order chi connectivity index (χ0) is 15.7. The average molecular weight is 334 g/mol. The number of hydrogen-bond acceptors (Lipinski definition) is 3.